The van der Waals surface area contributed by atoms with E-state index >= 15 is 0 Å². The lowest BCUT2D eigenvalue weighted by molar-refractivity contribution is 0.722. The number of allylic oxidation sites excluding steroid dienone is 4. The fourth-order valence-corrected chi connectivity index (χ4v) is 11.3. The summed E-state index contributed by atoms with van der Waals surface area (Å²) in [5, 5.41) is 9.65. The fourth-order valence-electron chi connectivity index (χ4n) is 11.3. The van der Waals surface area contributed by atoms with Crippen molar-refractivity contribution >= 4 is 71.1 Å². The summed E-state index contributed by atoms with van der Waals surface area (Å²) in [5.74, 6) is 0.421. The second kappa shape index (κ2) is 14.6. The molecule has 0 radical (unpaired) electrons. The van der Waals surface area contributed by atoms with Crippen molar-refractivity contribution in [2.24, 2.45) is 4.99 Å². The summed E-state index contributed by atoms with van der Waals surface area (Å²) in [7, 11) is 0. The number of aromatic nitrogens is 2. The zero-order valence-corrected chi connectivity index (χ0v) is 36.1. The molecule has 0 N–H and O–H groups in total. The average molecular weight is 840 g/mol. The second-order valence-corrected chi connectivity index (χ2v) is 18.1. The average Bonchev–Trinajstić information content (AvgIpc) is 3.40. The molecule has 0 fully saturated rings. The predicted molar refractivity (Wildman–Crippen MR) is 276 cm³/mol. The van der Waals surface area contributed by atoms with E-state index in [9.17, 15) is 0 Å². The predicted octanol–water partition coefficient (Wildman–Crippen LogP) is 16.1. The number of hydrogen-bond acceptors (Lipinski definition) is 3. The highest BCUT2D eigenvalue weighted by Crippen LogP contribution is 2.52. The molecule has 308 valence electrons. The van der Waals surface area contributed by atoms with Gasteiger partial charge in [0.05, 0.1) is 28.1 Å². The van der Waals surface area contributed by atoms with Crippen LogP contribution in [0.4, 0.5) is 5.69 Å². The number of hydrogen-bond donors (Lipinski definition) is 0. The van der Waals surface area contributed by atoms with E-state index in [2.05, 4.69) is 212 Å². The van der Waals surface area contributed by atoms with Crippen LogP contribution < -0.4 is 0 Å². The standard InChI is InChI=1S/C63H41N3/c1-2-12-39(13-3-1)57-34-30-41-26-27-42-31-35-58(65-62(42)61(41)64-57)44-29-33-50-49-32-28-43(36-55(49)47-16-4-5-17-48(47)56(50)37-44)38-22-24-40(25-23-38)60-54-21-11-9-19-52(54)59-51-18-8-6-14-45(51)46-15-7-10-20-53(46)63(59)66-60/h1-29,31-33,35-37,50,56H,30,34H2. The van der Waals surface area contributed by atoms with Gasteiger partial charge in [0.15, 0.2) is 0 Å². The number of pyridine rings is 2. The van der Waals surface area contributed by atoms with Crippen LogP contribution in [0.2, 0.25) is 0 Å². The van der Waals surface area contributed by atoms with Crippen molar-refractivity contribution < 1.29 is 0 Å². The Bertz CT molecular complexity index is 3930. The van der Waals surface area contributed by atoms with Crippen molar-refractivity contribution in [3.8, 4) is 33.5 Å². The first kappa shape index (κ1) is 37.1. The third-order valence-electron chi connectivity index (χ3n) is 14.5. The van der Waals surface area contributed by atoms with Gasteiger partial charge in [-0.15, -0.1) is 0 Å². The van der Waals surface area contributed by atoms with Gasteiger partial charge in [0.1, 0.15) is 0 Å². The van der Waals surface area contributed by atoms with Gasteiger partial charge in [0, 0.05) is 44.7 Å². The highest BCUT2D eigenvalue weighted by atomic mass is 14.8. The summed E-state index contributed by atoms with van der Waals surface area (Å²) in [6.07, 6.45) is 9.07. The molecule has 0 amide bonds. The van der Waals surface area contributed by atoms with Gasteiger partial charge in [-0.25, -0.2) is 9.97 Å². The van der Waals surface area contributed by atoms with Crippen LogP contribution in [0.1, 0.15) is 46.2 Å². The summed E-state index contributed by atoms with van der Waals surface area (Å²) in [5.41, 5.74) is 18.6. The Hall–Kier alpha value is -8.27. The Morgan fingerprint density at radius 3 is 1.91 bits per heavy atom. The maximum Gasteiger partial charge on any atom is 0.0968 e. The number of aryl methyl sites for hydroxylation is 1. The van der Waals surface area contributed by atoms with Crippen molar-refractivity contribution in [2.45, 2.75) is 24.7 Å². The Labute approximate surface area is 382 Å². The Morgan fingerprint density at radius 2 is 1.08 bits per heavy atom. The highest BCUT2D eigenvalue weighted by Gasteiger charge is 2.33. The molecule has 11 aromatic rings. The summed E-state index contributed by atoms with van der Waals surface area (Å²) >= 11 is 0. The van der Waals surface area contributed by atoms with E-state index in [0.717, 1.165) is 68.6 Å². The second-order valence-electron chi connectivity index (χ2n) is 18.1. The van der Waals surface area contributed by atoms with E-state index in [1.54, 1.807) is 0 Å². The molecule has 0 spiro atoms. The van der Waals surface area contributed by atoms with Gasteiger partial charge in [0.25, 0.3) is 0 Å². The molecule has 0 saturated heterocycles. The van der Waals surface area contributed by atoms with Crippen molar-refractivity contribution in [2.75, 3.05) is 0 Å². The van der Waals surface area contributed by atoms with Gasteiger partial charge in [-0.2, -0.15) is 0 Å². The van der Waals surface area contributed by atoms with Crippen LogP contribution in [0.5, 0.6) is 0 Å². The van der Waals surface area contributed by atoms with Crippen molar-refractivity contribution in [1.29, 1.82) is 0 Å². The monoisotopic (exact) mass is 839 g/mol. The lowest BCUT2D eigenvalue weighted by Crippen LogP contribution is -2.17. The molecule has 0 bridgehead atoms. The SMILES string of the molecule is C1=CC2c3ccc(-c4ccc(-c5nc6c7ccccc7c7ccccc7c6c6ccccc56)cc4)cc3-c3ccccc3C2C=C1c1ccc2ccc3c(c2n1)N=C(c1ccccc1)CC3. The maximum atomic E-state index is 5.52. The molecule has 2 unspecified atom stereocenters. The number of fused-ring (bicyclic) bond motifs is 17. The van der Waals surface area contributed by atoms with Gasteiger partial charge < -0.3 is 0 Å². The molecule has 3 heterocycles. The lowest BCUT2D eigenvalue weighted by Gasteiger charge is -2.35. The Balaban J connectivity index is 0.819. The van der Waals surface area contributed by atoms with E-state index in [1.807, 2.05) is 0 Å². The van der Waals surface area contributed by atoms with E-state index < -0.39 is 0 Å². The van der Waals surface area contributed by atoms with Crippen LogP contribution in [-0.4, -0.2) is 15.7 Å². The van der Waals surface area contributed by atoms with Crippen LogP contribution >= 0.6 is 0 Å². The molecule has 9 aromatic carbocycles. The lowest BCUT2D eigenvalue weighted by atomic mass is 9.68. The first-order valence-corrected chi connectivity index (χ1v) is 23.1. The molecule has 3 aliphatic rings. The van der Waals surface area contributed by atoms with Crippen LogP contribution in [0.3, 0.4) is 0 Å². The molecule has 2 aromatic heterocycles. The summed E-state index contributed by atoms with van der Waals surface area (Å²) in [6.45, 7) is 0. The minimum Gasteiger partial charge on any atom is -0.250 e. The summed E-state index contributed by atoms with van der Waals surface area (Å²) < 4.78 is 0. The third kappa shape index (κ3) is 5.73. The van der Waals surface area contributed by atoms with Gasteiger partial charge in [0.2, 0.25) is 0 Å². The third-order valence-corrected chi connectivity index (χ3v) is 14.5. The van der Waals surface area contributed by atoms with Gasteiger partial charge in [-0.1, -0.05) is 200 Å². The van der Waals surface area contributed by atoms with Gasteiger partial charge in [-0.3, -0.25) is 4.99 Å². The topological polar surface area (TPSA) is 38.1 Å². The van der Waals surface area contributed by atoms with Gasteiger partial charge >= 0.3 is 0 Å². The molecule has 0 saturated carbocycles. The van der Waals surface area contributed by atoms with Crippen molar-refractivity contribution in [1.82, 2.24) is 9.97 Å². The van der Waals surface area contributed by atoms with Gasteiger partial charge in [-0.05, 0) is 96.6 Å². The molecule has 66 heavy (non-hydrogen) atoms. The largest absolute Gasteiger partial charge is 0.250 e. The maximum absolute atomic E-state index is 5.52. The smallest absolute Gasteiger partial charge is 0.0968 e. The minimum atomic E-state index is 0.197. The number of rotatable bonds is 4. The molecule has 2 atom stereocenters. The molecule has 14 rings (SSSR count). The van der Waals surface area contributed by atoms with Crippen LogP contribution in [0, 0.1) is 0 Å². The molecule has 3 heteroatoms. The number of aliphatic imine (C=N–C) groups is 1. The van der Waals surface area contributed by atoms with E-state index in [-0.39, 0.29) is 11.8 Å². The normalized spacial score (nSPS) is 16.2. The zero-order chi connectivity index (χ0) is 43.3. The van der Waals surface area contributed by atoms with Crippen LogP contribution in [0.15, 0.2) is 217 Å². The molecular formula is C63H41N3. The zero-order valence-electron chi connectivity index (χ0n) is 36.1. The quantitative estimate of drug-likeness (QED) is 0.166. The van der Waals surface area contributed by atoms with Crippen LogP contribution in [0.25, 0.3) is 93.2 Å². The highest BCUT2D eigenvalue weighted by molar-refractivity contribution is 6.31. The summed E-state index contributed by atoms with van der Waals surface area (Å²) in [6, 6.07) is 70.8. The first-order chi connectivity index (χ1) is 32.7. The minimum absolute atomic E-state index is 0.197. The molecule has 2 aliphatic carbocycles. The van der Waals surface area contributed by atoms with Crippen LogP contribution in [-0.2, 0) is 6.42 Å². The first-order valence-electron chi connectivity index (χ1n) is 23.1. The molecule has 1 aliphatic heterocycles. The van der Waals surface area contributed by atoms with E-state index in [4.69, 9.17) is 15.0 Å². The molecule has 3 nitrogen and oxygen atoms in total. The molecular weight excluding hydrogens is 799 g/mol. The Morgan fingerprint density at radius 1 is 0.424 bits per heavy atom. The van der Waals surface area contributed by atoms with E-state index in [1.165, 1.54) is 76.8 Å². The van der Waals surface area contributed by atoms with Crippen molar-refractivity contribution in [3.05, 3.63) is 240 Å². The number of nitrogens with zero attached hydrogens (tertiary/aromatic N) is 3. The van der Waals surface area contributed by atoms with E-state index in [0.29, 0.717) is 0 Å². The van der Waals surface area contributed by atoms with Crippen molar-refractivity contribution in [3.63, 3.8) is 0 Å². The Kier molecular flexibility index (Phi) is 8.23. The summed E-state index contributed by atoms with van der Waals surface area (Å²) in [4.78, 5) is 16.1. The fraction of sp³-hybridized carbons (Fsp3) is 0.0635. The number of benzene rings is 9.